The summed E-state index contributed by atoms with van der Waals surface area (Å²) >= 11 is 1.60. The Hall–Kier alpha value is -2.22. The molecule has 0 amide bonds. The Labute approximate surface area is 113 Å². The first kappa shape index (κ1) is 13.2. The van der Waals surface area contributed by atoms with Gasteiger partial charge in [0.1, 0.15) is 11.6 Å². The summed E-state index contributed by atoms with van der Waals surface area (Å²) in [4.78, 5) is 18.5. The van der Waals surface area contributed by atoms with Gasteiger partial charge in [-0.25, -0.2) is 9.97 Å². The molecule has 0 spiro atoms. The molecule has 7 nitrogen and oxygen atoms in total. The lowest BCUT2D eigenvalue weighted by molar-refractivity contribution is -0.384. The fraction of sp³-hybridized carbons (Fsp3) is 0.273. The van der Waals surface area contributed by atoms with Gasteiger partial charge in [0.15, 0.2) is 0 Å². The van der Waals surface area contributed by atoms with Crippen molar-refractivity contribution in [2.45, 2.75) is 13.3 Å². The van der Waals surface area contributed by atoms with Crippen LogP contribution in [0.5, 0.6) is 0 Å². The highest BCUT2D eigenvalue weighted by Crippen LogP contribution is 2.18. The van der Waals surface area contributed by atoms with E-state index in [1.807, 2.05) is 12.3 Å². The van der Waals surface area contributed by atoms with Crippen LogP contribution < -0.4 is 11.1 Å². The van der Waals surface area contributed by atoms with E-state index in [1.54, 1.807) is 11.3 Å². The van der Waals surface area contributed by atoms with Crippen molar-refractivity contribution < 1.29 is 4.92 Å². The number of nitrogens with zero attached hydrogens (tertiary/aromatic N) is 3. The van der Waals surface area contributed by atoms with Gasteiger partial charge in [-0.2, -0.15) is 0 Å². The van der Waals surface area contributed by atoms with Gasteiger partial charge in [-0.1, -0.05) is 0 Å². The molecule has 0 aliphatic heterocycles. The number of nitrogens with two attached hydrogens (primary N) is 1. The van der Waals surface area contributed by atoms with Crippen LogP contribution in [0, 0.1) is 17.0 Å². The summed E-state index contributed by atoms with van der Waals surface area (Å²) < 4.78 is 0. The molecule has 0 fully saturated rings. The maximum atomic E-state index is 10.7. The van der Waals surface area contributed by atoms with E-state index in [1.165, 1.54) is 12.1 Å². The summed E-state index contributed by atoms with van der Waals surface area (Å²) in [7, 11) is 0. The minimum atomic E-state index is -0.493. The molecule has 0 saturated carbocycles. The molecule has 0 aliphatic carbocycles. The third-order valence-corrected chi connectivity index (χ3v) is 3.22. The highest BCUT2D eigenvalue weighted by molar-refractivity contribution is 7.09. The Morgan fingerprint density at radius 1 is 1.47 bits per heavy atom. The van der Waals surface area contributed by atoms with E-state index in [0.29, 0.717) is 12.4 Å². The van der Waals surface area contributed by atoms with Gasteiger partial charge in [0.05, 0.1) is 27.8 Å². The molecule has 8 heteroatoms. The Kier molecular flexibility index (Phi) is 3.91. The molecule has 2 heterocycles. The van der Waals surface area contributed by atoms with Gasteiger partial charge in [-0.05, 0) is 6.92 Å². The van der Waals surface area contributed by atoms with E-state index in [4.69, 9.17) is 5.73 Å². The van der Waals surface area contributed by atoms with Crippen molar-refractivity contribution in [3.8, 4) is 0 Å². The van der Waals surface area contributed by atoms with Crippen molar-refractivity contribution in [3.63, 3.8) is 0 Å². The fourth-order valence-corrected chi connectivity index (χ4v) is 2.22. The van der Waals surface area contributed by atoms with E-state index in [-0.39, 0.29) is 11.5 Å². The minimum absolute atomic E-state index is 0.0699. The van der Waals surface area contributed by atoms with Gasteiger partial charge in [0, 0.05) is 18.3 Å². The smallest absolute Gasteiger partial charge is 0.276 e. The summed E-state index contributed by atoms with van der Waals surface area (Å²) in [5, 5.41) is 16.7. The van der Waals surface area contributed by atoms with Crippen LogP contribution >= 0.6 is 11.3 Å². The number of pyridine rings is 1. The topological polar surface area (TPSA) is 107 Å². The first-order valence-electron chi connectivity index (χ1n) is 5.61. The summed E-state index contributed by atoms with van der Waals surface area (Å²) in [5.74, 6) is 0.528. The molecule has 2 aromatic heterocycles. The first-order chi connectivity index (χ1) is 9.04. The van der Waals surface area contributed by atoms with Crippen LogP contribution in [0.15, 0.2) is 17.5 Å². The molecule has 0 saturated heterocycles. The number of hydrogen-bond acceptors (Lipinski definition) is 7. The third kappa shape index (κ3) is 3.62. The summed E-state index contributed by atoms with van der Waals surface area (Å²) in [6.07, 6.45) is 0.731. The third-order valence-electron chi connectivity index (χ3n) is 2.39. The van der Waals surface area contributed by atoms with E-state index in [9.17, 15) is 10.1 Å². The number of nitrogen functional groups attached to an aromatic ring is 1. The zero-order valence-corrected chi connectivity index (χ0v) is 11.1. The van der Waals surface area contributed by atoms with Crippen molar-refractivity contribution >= 4 is 28.7 Å². The molecule has 0 bridgehead atoms. The number of thiazole rings is 1. The maximum absolute atomic E-state index is 10.7. The maximum Gasteiger partial charge on any atom is 0.276 e. The molecule has 3 N–H and O–H groups in total. The van der Waals surface area contributed by atoms with Crippen molar-refractivity contribution in [2.75, 3.05) is 17.6 Å². The summed E-state index contributed by atoms with van der Waals surface area (Å²) in [6, 6.07) is 2.59. The lowest BCUT2D eigenvalue weighted by atomic mass is 10.3. The first-order valence-corrected chi connectivity index (χ1v) is 6.49. The van der Waals surface area contributed by atoms with Crippen molar-refractivity contribution in [1.29, 1.82) is 0 Å². The van der Waals surface area contributed by atoms with E-state index >= 15 is 0 Å². The molecule has 0 unspecified atom stereocenters. The molecule has 0 radical (unpaired) electrons. The molecule has 19 heavy (non-hydrogen) atoms. The van der Waals surface area contributed by atoms with Crippen LogP contribution in [0.4, 0.5) is 17.3 Å². The second-order valence-corrected chi connectivity index (χ2v) is 4.99. The fourth-order valence-electron chi connectivity index (χ4n) is 1.57. The average Bonchev–Trinajstić information content (AvgIpc) is 2.74. The van der Waals surface area contributed by atoms with Crippen molar-refractivity contribution in [2.24, 2.45) is 0 Å². The molecule has 0 aromatic carbocycles. The van der Waals surface area contributed by atoms with Crippen LogP contribution in [-0.2, 0) is 6.42 Å². The zero-order valence-electron chi connectivity index (χ0n) is 10.3. The SMILES string of the molecule is Cc1nc(CCNc2cc([N+](=O)[O-])cc(N)n2)cs1. The largest absolute Gasteiger partial charge is 0.383 e. The monoisotopic (exact) mass is 279 g/mol. The van der Waals surface area contributed by atoms with E-state index in [0.717, 1.165) is 17.1 Å². The Morgan fingerprint density at radius 2 is 2.26 bits per heavy atom. The Morgan fingerprint density at radius 3 is 2.89 bits per heavy atom. The zero-order chi connectivity index (χ0) is 13.8. The van der Waals surface area contributed by atoms with Gasteiger partial charge in [0.25, 0.3) is 5.69 Å². The van der Waals surface area contributed by atoms with Crippen LogP contribution in [0.25, 0.3) is 0 Å². The standard InChI is InChI=1S/C11H13N5O2S/c1-7-14-8(6-19-7)2-3-13-11-5-9(16(17)18)4-10(12)15-11/h4-6H,2-3H2,1H3,(H3,12,13,15). The molecular formula is C11H13N5O2S. The van der Waals surface area contributed by atoms with Crippen LogP contribution in [0.2, 0.25) is 0 Å². The second kappa shape index (κ2) is 5.61. The van der Waals surface area contributed by atoms with Crippen LogP contribution in [0.3, 0.4) is 0 Å². The number of aromatic nitrogens is 2. The predicted octanol–water partition coefficient (Wildman–Crippen LogP) is 1.99. The van der Waals surface area contributed by atoms with Crippen LogP contribution in [0.1, 0.15) is 10.7 Å². The lowest BCUT2D eigenvalue weighted by Gasteiger charge is -2.05. The van der Waals surface area contributed by atoms with Crippen molar-refractivity contribution in [3.05, 3.63) is 38.3 Å². The van der Waals surface area contributed by atoms with Gasteiger partial charge < -0.3 is 11.1 Å². The number of hydrogen-bond donors (Lipinski definition) is 2. The Bertz CT molecular complexity index is 599. The van der Waals surface area contributed by atoms with Crippen LogP contribution in [-0.4, -0.2) is 21.4 Å². The Balaban J connectivity index is 1.97. The predicted molar refractivity (Wildman–Crippen MR) is 74.3 cm³/mol. The lowest BCUT2D eigenvalue weighted by Crippen LogP contribution is -2.08. The molecular weight excluding hydrogens is 266 g/mol. The number of nitrogens with one attached hydrogen (secondary N) is 1. The average molecular weight is 279 g/mol. The molecule has 100 valence electrons. The van der Waals surface area contributed by atoms with Gasteiger partial charge >= 0.3 is 0 Å². The molecule has 2 rings (SSSR count). The van der Waals surface area contributed by atoms with Gasteiger partial charge in [-0.15, -0.1) is 11.3 Å². The van der Waals surface area contributed by atoms with E-state index < -0.39 is 4.92 Å². The minimum Gasteiger partial charge on any atom is -0.383 e. The highest BCUT2D eigenvalue weighted by atomic mass is 32.1. The van der Waals surface area contributed by atoms with E-state index in [2.05, 4.69) is 15.3 Å². The number of anilines is 2. The summed E-state index contributed by atoms with van der Waals surface area (Å²) in [5.41, 5.74) is 6.44. The number of nitro groups is 1. The number of aryl methyl sites for hydroxylation is 1. The normalized spacial score (nSPS) is 10.4. The summed E-state index contributed by atoms with van der Waals surface area (Å²) in [6.45, 7) is 2.54. The molecule has 0 atom stereocenters. The quantitative estimate of drug-likeness (QED) is 0.640. The molecule has 0 aliphatic rings. The van der Waals surface area contributed by atoms with Gasteiger partial charge in [-0.3, -0.25) is 10.1 Å². The van der Waals surface area contributed by atoms with Crippen molar-refractivity contribution in [1.82, 2.24) is 9.97 Å². The van der Waals surface area contributed by atoms with Gasteiger partial charge in [0.2, 0.25) is 0 Å². The number of rotatable bonds is 5. The highest BCUT2D eigenvalue weighted by Gasteiger charge is 2.09. The second-order valence-electron chi connectivity index (χ2n) is 3.93. The molecule has 2 aromatic rings.